The van der Waals surface area contributed by atoms with Crippen LogP contribution in [0.25, 0.3) is 0 Å². The van der Waals surface area contributed by atoms with Gasteiger partial charge in [0.25, 0.3) is 0 Å². The summed E-state index contributed by atoms with van der Waals surface area (Å²) in [5.41, 5.74) is 0.299. The number of piperazine rings is 1. The summed E-state index contributed by atoms with van der Waals surface area (Å²) in [6.07, 6.45) is 3.08. The molecule has 1 spiro atoms. The Hall–Kier alpha value is -0.570. The minimum Gasteiger partial charge on any atom is -0.334 e. The number of hydrogen-bond acceptors (Lipinski definition) is 2. The van der Waals surface area contributed by atoms with E-state index in [2.05, 4.69) is 44.4 Å². The number of carbonyl (C=O) groups is 1. The highest BCUT2D eigenvalue weighted by Crippen LogP contribution is 2.45. The van der Waals surface area contributed by atoms with Crippen LogP contribution in [0.1, 0.15) is 53.9 Å². The Kier molecular flexibility index (Phi) is 3.48. The van der Waals surface area contributed by atoms with E-state index in [1.807, 2.05) is 0 Å². The molecule has 0 atom stereocenters. The molecule has 0 radical (unpaired) electrons. The maximum absolute atomic E-state index is 12.5. The first-order chi connectivity index (χ1) is 8.23. The van der Waals surface area contributed by atoms with Crippen LogP contribution in [0.5, 0.6) is 0 Å². The second-order valence-electron chi connectivity index (χ2n) is 7.57. The summed E-state index contributed by atoms with van der Waals surface area (Å²) in [6.45, 7) is 14.0. The van der Waals surface area contributed by atoms with Crippen LogP contribution in [0.3, 0.4) is 0 Å². The van der Waals surface area contributed by atoms with Crippen molar-refractivity contribution in [2.24, 2.45) is 5.41 Å². The van der Waals surface area contributed by atoms with Gasteiger partial charge in [-0.15, -0.1) is 0 Å². The van der Waals surface area contributed by atoms with E-state index in [1.54, 1.807) is 0 Å². The first-order valence-electron chi connectivity index (χ1n) is 7.28. The van der Waals surface area contributed by atoms with Crippen molar-refractivity contribution in [1.82, 2.24) is 9.80 Å². The van der Waals surface area contributed by atoms with Gasteiger partial charge < -0.3 is 4.90 Å². The summed E-state index contributed by atoms with van der Waals surface area (Å²) < 4.78 is 0. The Morgan fingerprint density at radius 2 is 1.83 bits per heavy atom. The third-order valence-electron chi connectivity index (χ3n) is 4.22. The van der Waals surface area contributed by atoms with Crippen LogP contribution in [0.4, 0.5) is 0 Å². The van der Waals surface area contributed by atoms with Crippen molar-refractivity contribution in [2.75, 3.05) is 19.6 Å². The minimum absolute atomic E-state index is 0.0995. The Balaban J connectivity index is 2.01. The van der Waals surface area contributed by atoms with Gasteiger partial charge in [0, 0.05) is 32.1 Å². The summed E-state index contributed by atoms with van der Waals surface area (Å²) in [7, 11) is 0. The second-order valence-corrected chi connectivity index (χ2v) is 7.57. The summed E-state index contributed by atoms with van der Waals surface area (Å²) in [5.74, 6) is 0.364. The molecule has 18 heavy (non-hydrogen) atoms. The molecule has 1 heterocycles. The fourth-order valence-corrected chi connectivity index (χ4v) is 2.96. The van der Waals surface area contributed by atoms with Crippen molar-refractivity contribution < 1.29 is 4.79 Å². The number of amides is 1. The molecular weight excluding hydrogens is 224 g/mol. The molecule has 0 aromatic heterocycles. The minimum atomic E-state index is 0.0995. The van der Waals surface area contributed by atoms with Gasteiger partial charge in [0.1, 0.15) is 0 Å². The summed E-state index contributed by atoms with van der Waals surface area (Å²) in [5, 5.41) is 0. The van der Waals surface area contributed by atoms with E-state index in [9.17, 15) is 4.79 Å². The van der Waals surface area contributed by atoms with Gasteiger partial charge in [-0.3, -0.25) is 9.69 Å². The van der Waals surface area contributed by atoms with Gasteiger partial charge >= 0.3 is 0 Å². The monoisotopic (exact) mass is 252 g/mol. The van der Waals surface area contributed by atoms with E-state index >= 15 is 0 Å². The lowest BCUT2D eigenvalue weighted by Gasteiger charge is -2.44. The van der Waals surface area contributed by atoms with Crippen LogP contribution in [0.15, 0.2) is 0 Å². The molecule has 1 saturated carbocycles. The van der Waals surface area contributed by atoms with Gasteiger partial charge in [-0.1, -0.05) is 20.8 Å². The molecule has 2 rings (SSSR count). The molecule has 2 fully saturated rings. The van der Waals surface area contributed by atoms with Crippen molar-refractivity contribution in [1.29, 1.82) is 0 Å². The fraction of sp³-hybridized carbons (Fsp3) is 0.933. The average molecular weight is 252 g/mol. The molecule has 3 nitrogen and oxygen atoms in total. The molecule has 0 N–H and O–H groups in total. The molecule has 0 unspecified atom stereocenters. The zero-order valence-corrected chi connectivity index (χ0v) is 12.6. The smallest absolute Gasteiger partial charge is 0.223 e. The van der Waals surface area contributed by atoms with Crippen molar-refractivity contribution in [3.05, 3.63) is 0 Å². The molecule has 0 aromatic carbocycles. The fourth-order valence-electron chi connectivity index (χ4n) is 2.96. The van der Waals surface area contributed by atoms with E-state index in [1.165, 1.54) is 12.8 Å². The van der Waals surface area contributed by atoms with Crippen molar-refractivity contribution >= 4 is 5.91 Å². The Morgan fingerprint density at radius 3 is 2.28 bits per heavy atom. The predicted octanol–water partition coefficient (Wildman–Crippen LogP) is 2.51. The second kappa shape index (κ2) is 4.52. The predicted molar refractivity (Wildman–Crippen MR) is 74.5 cm³/mol. The summed E-state index contributed by atoms with van der Waals surface area (Å²) >= 11 is 0. The molecule has 3 heteroatoms. The highest BCUT2D eigenvalue weighted by molar-refractivity contribution is 5.78. The third-order valence-corrected chi connectivity index (χ3v) is 4.22. The first kappa shape index (κ1) is 13.9. The molecule has 104 valence electrons. The lowest BCUT2D eigenvalue weighted by Crippen LogP contribution is -2.58. The highest BCUT2D eigenvalue weighted by atomic mass is 16.2. The van der Waals surface area contributed by atoms with Crippen LogP contribution in [0.2, 0.25) is 0 Å². The topological polar surface area (TPSA) is 23.6 Å². The standard InChI is InChI=1S/C15H28N2O/c1-12(2)16-8-9-17(15(11-16)6-7-15)13(18)10-14(3,4)5/h12H,6-11H2,1-5H3. The Bertz CT molecular complexity index is 326. The van der Waals surface area contributed by atoms with Gasteiger partial charge in [0.2, 0.25) is 5.91 Å². The number of carbonyl (C=O) groups excluding carboxylic acids is 1. The Morgan fingerprint density at radius 1 is 1.22 bits per heavy atom. The molecule has 0 aromatic rings. The van der Waals surface area contributed by atoms with Crippen molar-refractivity contribution in [2.45, 2.75) is 65.5 Å². The lowest BCUT2D eigenvalue weighted by atomic mass is 9.91. The van der Waals surface area contributed by atoms with Crippen LogP contribution in [-0.4, -0.2) is 46.9 Å². The number of hydrogen-bond donors (Lipinski definition) is 0. The van der Waals surface area contributed by atoms with Crippen LogP contribution >= 0.6 is 0 Å². The molecule has 0 bridgehead atoms. The lowest BCUT2D eigenvalue weighted by molar-refractivity contribution is -0.139. The third kappa shape index (κ3) is 2.87. The van der Waals surface area contributed by atoms with E-state index in [0.717, 1.165) is 19.6 Å². The summed E-state index contributed by atoms with van der Waals surface area (Å²) in [4.78, 5) is 17.2. The Labute approximate surface area is 112 Å². The van der Waals surface area contributed by atoms with Crippen LogP contribution in [-0.2, 0) is 4.79 Å². The molecular formula is C15H28N2O. The normalized spacial score (nSPS) is 23.8. The maximum atomic E-state index is 12.5. The van der Waals surface area contributed by atoms with Gasteiger partial charge in [0.15, 0.2) is 0 Å². The molecule has 1 aliphatic carbocycles. The largest absolute Gasteiger partial charge is 0.334 e. The number of nitrogens with zero attached hydrogens (tertiary/aromatic N) is 2. The maximum Gasteiger partial charge on any atom is 0.223 e. The van der Waals surface area contributed by atoms with Gasteiger partial charge in [0.05, 0.1) is 5.54 Å². The van der Waals surface area contributed by atoms with Crippen molar-refractivity contribution in [3.63, 3.8) is 0 Å². The SMILES string of the molecule is CC(C)N1CCN(C(=O)CC(C)(C)C)C2(CC2)C1. The van der Waals surface area contributed by atoms with Crippen molar-refractivity contribution in [3.8, 4) is 0 Å². The van der Waals surface area contributed by atoms with Gasteiger partial charge in [-0.2, -0.15) is 0 Å². The quantitative estimate of drug-likeness (QED) is 0.754. The van der Waals surface area contributed by atoms with E-state index in [4.69, 9.17) is 0 Å². The van der Waals surface area contributed by atoms with E-state index in [-0.39, 0.29) is 11.0 Å². The molecule has 1 amide bonds. The van der Waals surface area contributed by atoms with E-state index in [0.29, 0.717) is 18.4 Å². The van der Waals surface area contributed by atoms with E-state index < -0.39 is 0 Å². The van der Waals surface area contributed by atoms with Gasteiger partial charge in [-0.25, -0.2) is 0 Å². The van der Waals surface area contributed by atoms with Crippen LogP contribution in [0, 0.1) is 5.41 Å². The average Bonchev–Trinajstić information content (AvgIpc) is 2.95. The zero-order valence-electron chi connectivity index (χ0n) is 12.6. The van der Waals surface area contributed by atoms with Gasteiger partial charge in [-0.05, 0) is 32.1 Å². The molecule has 1 saturated heterocycles. The zero-order chi connectivity index (χ0) is 13.6. The molecule has 2 aliphatic rings. The first-order valence-corrected chi connectivity index (χ1v) is 7.28. The summed E-state index contributed by atoms with van der Waals surface area (Å²) in [6, 6.07) is 0.599. The van der Waals surface area contributed by atoms with Crippen LogP contribution < -0.4 is 0 Å². The molecule has 1 aliphatic heterocycles. The highest BCUT2D eigenvalue weighted by Gasteiger charge is 2.53. The number of rotatable bonds is 2.